The second kappa shape index (κ2) is 2.13. The first-order valence-electron chi connectivity index (χ1n) is 3.29. The van der Waals surface area contributed by atoms with E-state index in [2.05, 4.69) is 5.32 Å². The predicted molar refractivity (Wildman–Crippen MR) is 44.7 cm³/mol. The van der Waals surface area contributed by atoms with E-state index >= 15 is 0 Å². The van der Waals surface area contributed by atoms with E-state index < -0.39 is 0 Å². The SMILES string of the molecule is S=C1NC(C2CC2)CS1. The zero-order valence-corrected chi connectivity index (χ0v) is 6.73. The van der Waals surface area contributed by atoms with Crippen LogP contribution in [0.25, 0.3) is 0 Å². The van der Waals surface area contributed by atoms with Gasteiger partial charge in [-0.2, -0.15) is 0 Å². The van der Waals surface area contributed by atoms with Gasteiger partial charge in [-0.1, -0.05) is 24.0 Å². The fraction of sp³-hybridized carbons (Fsp3) is 0.833. The third kappa shape index (κ3) is 1.22. The van der Waals surface area contributed by atoms with Crippen LogP contribution in [0.2, 0.25) is 0 Å². The molecular weight excluding hydrogens is 150 g/mol. The molecule has 1 unspecified atom stereocenters. The number of rotatable bonds is 1. The summed E-state index contributed by atoms with van der Waals surface area (Å²) in [6.07, 6.45) is 2.84. The summed E-state index contributed by atoms with van der Waals surface area (Å²) < 4.78 is 1.01. The Morgan fingerprint density at radius 2 is 2.33 bits per heavy atom. The summed E-state index contributed by atoms with van der Waals surface area (Å²) in [5, 5.41) is 3.31. The molecule has 0 bridgehead atoms. The Kier molecular flexibility index (Phi) is 1.42. The molecule has 1 aliphatic carbocycles. The van der Waals surface area contributed by atoms with Crippen LogP contribution in [-0.2, 0) is 0 Å². The zero-order valence-electron chi connectivity index (χ0n) is 5.09. The Morgan fingerprint density at radius 3 is 2.78 bits per heavy atom. The third-order valence-electron chi connectivity index (χ3n) is 1.89. The Morgan fingerprint density at radius 1 is 1.56 bits per heavy atom. The van der Waals surface area contributed by atoms with Gasteiger partial charge in [-0.3, -0.25) is 0 Å². The van der Waals surface area contributed by atoms with Gasteiger partial charge in [-0.15, -0.1) is 0 Å². The number of hydrogen-bond acceptors (Lipinski definition) is 2. The second-order valence-electron chi connectivity index (χ2n) is 2.69. The topological polar surface area (TPSA) is 12.0 Å². The fourth-order valence-electron chi connectivity index (χ4n) is 1.15. The van der Waals surface area contributed by atoms with Gasteiger partial charge >= 0.3 is 0 Å². The lowest BCUT2D eigenvalue weighted by Crippen LogP contribution is -2.27. The van der Waals surface area contributed by atoms with Crippen LogP contribution < -0.4 is 5.32 Å². The van der Waals surface area contributed by atoms with Crippen LogP contribution in [0, 0.1) is 5.92 Å². The maximum Gasteiger partial charge on any atom is 0.134 e. The summed E-state index contributed by atoms with van der Waals surface area (Å²) >= 11 is 6.79. The highest BCUT2D eigenvalue weighted by atomic mass is 32.2. The molecule has 1 aliphatic heterocycles. The van der Waals surface area contributed by atoms with E-state index in [0.717, 1.165) is 16.3 Å². The van der Waals surface area contributed by atoms with Crippen molar-refractivity contribution in [1.82, 2.24) is 5.32 Å². The lowest BCUT2D eigenvalue weighted by atomic mass is 10.2. The Balaban J connectivity index is 1.92. The first kappa shape index (κ1) is 5.98. The zero-order chi connectivity index (χ0) is 6.27. The van der Waals surface area contributed by atoms with Gasteiger partial charge in [-0.05, 0) is 18.8 Å². The van der Waals surface area contributed by atoms with Crippen molar-refractivity contribution in [1.29, 1.82) is 0 Å². The summed E-state index contributed by atoms with van der Waals surface area (Å²) in [5.74, 6) is 2.17. The van der Waals surface area contributed by atoms with E-state index in [0.29, 0.717) is 0 Å². The van der Waals surface area contributed by atoms with Crippen LogP contribution in [0.4, 0.5) is 0 Å². The smallest absolute Gasteiger partial charge is 0.134 e. The van der Waals surface area contributed by atoms with Crippen LogP contribution in [0.3, 0.4) is 0 Å². The van der Waals surface area contributed by atoms with Crippen LogP contribution >= 0.6 is 24.0 Å². The van der Waals surface area contributed by atoms with Gasteiger partial charge in [0.1, 0.15) is 4.32 Å². The van der Waals surface area contributed by atoms with Crippen molar-refractivity contribution in [3.05, 3.63) is 0 Å². The average molecular weight is 159 g/mol. The molecule has 50 valence electrons. The van der Waals surface area contributed by atoms with Gasteiger partial charge in [0.15, 0.2) is 0 Å². The number of thioether (sulfide) groups is 1. The highest BCUT2D eigenvalue weighted by molar-refractivity contribution is 8.23. The van der Waals surface area contributed by atoms with E-state index in [1.807, 2.05) is 0 Å². The van der Waals surface area contributed by atoms with Crippen molar-refractivity contribution in [2.45, 2.75) is 18.9 Å². The molecule has 0 aromatic rings. The molecule has 2 fully saturated rings. The summed E-state index contributed by atoms with van der Waals surface area (Å²) in [6.45, 7) is 0. The molecular formula is C6H9NS2. The molecule has 1 atom stereocenters. The minimum absolute atomic E-state index is 0.725. The molecule has 2 rings (SSSR count). The van der Waals surface area contributed by atoms with Crippen molar-refractivity contribution in [2.75, 3.05) is 5.75 Å². The molecule has 0 spiro atoms. The maximum absolute atomic E-state index is 4.99. The van der Waals surface area contributed by atoms with Crippen LogP contribution in [0.15, 0.2) is 0 Å². The van der Waals surface area contributed by atoms with E-state index in [4.69, 9.17) is 12.2 Å². The highest BCUT2D eigenvalue weighted by Crippen LogP contribution is 2.36. The lowest BCUT2D eigenvalue weighted by molar-refractivity contribution is 0.613. The van der Waals surface area contributed by atoms with Crippen molar-refractivity contribution in [2.24, 2.45) is 5.92 Å². The Labute approximate surface area is 64.6 Å². The molecule has 0 amide bonds. The van der Waals surface area contributed by atoms with Gasteiger partial charge in [0.25, 0.3) is 0 Å². The molecule has 1 N–H and O–H groups in total. The van der Waals surface area contributed by atoms with Crippen molar-refractivity contribution >= 4 is 28.3 Å². The molecule has 1 nitrogen and oxygen atoms in total. The van der Waals surface area contributed by atoms with Gasteiger partial charge in [0, 0.05) is 11.8 Å². The molecule has 1 heterocycles. The van der Waals surface area contributed by atoms with Crippen molar-refractivity contribution < 1.29 is 0 Å². The first-order chi connectivity index (χ1) is 4.36. The minimum atomic E-state index is 0.725. The van der Waals surface area contributed by atoms with E-state index in [-0.39, 0.29) is 0 Å². The molecule has 2 aliphatic rings. The highest BCUT2D eigenvalue weighted by Gasteiger charge is 2.34. The molecule has 1 saturated heterocycles. The normalized spacial score (nSPS) is 34.7. The van der Waals surface area contributed by atoms with Gasteiger partial charge in [0.05, 0.1) is 0 Å². The third-order valence-corrected chi connectivity index (χ3v) is 3.27. The lowest BCUT2D eigenvalue weighted by Gasteiger charge is -2.04. The predicted octanol–water partition coefficient (Wildman–Crippen LogP) is 1.39. The first-order valence-corrected chi connectivity index (χ1v) is 4.69. The average Bonchev–Trinajstić information content (AvgIpc) is 2.58. The molecule has 9 heavy (non-hydrogen) atoms. The van der Waals surface area contributed by atoms with Crippen molar-refractivity contribution in [3.63, 3.8) is 0 Å². The number of thiocarbonyl (C=S) groups is 1. The van der Waals surface area contributed by atoms with Crippen LogP contribution in [0.1, 0.15) is 12.8 Å². The van der Waals surface area contributed by atoms with E-state index in [9.17, 15) is 0 Å². The Bertz CT molecular complexity index is 142. The van der Waals surface area contributed by atoms with E-state index in [1.165, 1.54) is 18.6 Å². The summed E-state index contributed by atoms with van der Waals surface area (Å²) in [6, 6.07) is 0.725. The monoisotopic (exact) mass is 159 g/mol. The molecule has 0 aromatic carbocycles. The van der Waals surface area contributed by atoms with Crippen LogP contribution in [0.5, 0.6) is 0 Å². The maximum atomic E-state index is 4.99. The van der Waals surface area contributed by atoms with Gasteiger partial charge in [0.2, 0.25) is 0 Å². The van der Waals surface area contributed by atoms with Gasteiger partial charge in [-0.25, -0.2) is 0 Å². The summed E-state index contributed by atoms with van der Waals surface area (Å²) in [5.41, 5.74) is 0. The van der Waals surface area contributed by atoms with Crippen molar-refractivity contribution in [3.8, 4) is 0 Å². The molecule has 3 heteroatoms. The van der Waals surface area contributed by atoms with Crippen LogP contribution in [-0.4, -0.2) is 16.1 Å². The summed E-state index contributed by atoms with van der Waals surface area (Å²) in [4.78, 5) is 0. The standard InChI is InChI=1S/C6H9NS2/c8-6-7-5(3-9-6)4-1-2-4/h4-5H,1-3H2,(H,7,8). The minimum Gasteiger partial charge on any atom is -0.367 e. The number of nitrogens with one attached hydrogen (secondary N) is 1. The largest absolute Gasteiger partial charge is 0.367 e. The second-order valence-corrected chi connectivity index (χ2v) is 4.38. The molecule has 0 radical (unpaired) electrons. The van der Waals surface area contributed by atoms with Gasteiger partial charge < -0.3 is 5.32 Å². The van der Waals surface area contributed by atoms with E-state index in [1.54, 1.807) is 11.8 Å². The number of hydrogen-bond donors (Lipinski definition) is 1. The summed E-state index contributed by atoms with van der Waals surface area (Å²) in [7, 11) is 0. The fourth-order valence-corrected chi connectivity index (χ4v) is 2.43. The quantitative estimate of drug-likeness (QED) is 0.581. The molecule has 0 aromatic heterocycles. The Hall–Kier alpha value is 0.240. The molecule has 1 saturated carbocycles.